The molecule has 58 valence electrons. The lowest BCUT2D eigenvalue weighted by molar-refractivity contribution is -0.137. The first-order chi connectivity index (χ1) is 4.50. The molecule has 10 heavy (non-hydrogen) atoms. The van der Waals surface area contributed by atoms with Crippen molar-refractivity contribution < 1.29 is 9.53 Å². The van der Waals surface area contributed by atoms with Crippen LogP contribution in [0.15, 0.2) is 0 Å². The Balaban J connectivity index is 2.53. The highest BCUT2D eigenvalue weighted by molar-refractivity contribution is 6.23. The van der Waals surface area contributed by atoms with E-state index in [1.807, 2.05) is 13.8 Å². The standard InChI is InChI=1S/C7H11ClO2/c1-7(2,8)5-3-6(9)10-4-5/h5H,3-4H2,1-2H3. The average molecular weight is 163 g/mol. The summed E-state index contributed by atoms with van der Waals surface area (Å²) in [5, 5.41) is 0. The number of esters is 1. The van der Waals surface area contributed by atoms with Crippen LogP contribution in [0.25, 0.3) is 0 Å². The van der Waals surface area contributed by atoms with Crippen LogP contribution in [-0.4, -0.2) is 17.5 Å². The van der Waals surface area contributed by atoms with Gasteiger partial charge in [-0.15, -0.1) is 11.6 Å². The Morgan fingerprint density at radius 3 is 2.50 bits per heavy atom. The summed E-state index contributed by atoms with van der Waals surface area (Å²) >= 11 is 5.97. The Morgan fingerprint density at radius 2 is 2.30 bits per heavy atom. The van der Waals surface area contributed by atoms with Gasteiger partial charge in [-0.3, -0.25) is 4.79 Å². The summed E-state index contributed by atoms with van der Waals surface area (Å²) in [6.45, 7) is 4.29. The predicted molar refractivity (Wildman–Crippen MR) is 39.0 cm³/mol. The quantitative estimate of drug-likeness (QED) is 0.432. The second-order valence-corrected chi connectivity index (χ2v) is 4.12. The molecular formula is C7H11ClO2. The van der Waals surface area contributed by atoms with E-state index in [-0.39, 0.29) is 16.8 Å². The van der Waals surface area contributed by atoms with Crippen molar-refractivity contribution in [3.63, 3.8) is 0 Å². The van der Waals surface area contributed by atoms with Gasteiger partial charge < -0.3 is 4.74 Å². The van der Waals surface area contributed by atoms with E-state index in [0.29, 0.717) is 13.0 Å². The van der Waals surface area contributed by atoms with Crippen molar-refractivity contribution in [2.24, 2.45) is 5.92 Å². The maximum absolute atomic E-state index is 10.6. The van der Waals surface area contributed by atoms with Crippen molar-refractivity contribution in [1.29, 1.82) is 0 Å². The van der Waals surface area contributed by atoms with Gasteiger partial charge >= 0.3 is 5.97 Å². The third-order valence-corrected chi connectivity index (χ3v) is 2.14. The van der Waals surface area contributed by atoms with Gasteiger partial charge in [0.2, 0.25) is 0 Å². The zero-order valence-corrected chi connectivity index (χ0v) is 6.94. The molecule has 0 bridgehead atoms. The average Bonchev–Trinajstić information content (AvgIpc) is 2.11. The zero-order chi connectivity index (χ0) is 7.78. The van der Waals surface area contributed by atoms with Crippen LogP contribution in [0.3, 0.4) is 0 Å². The monoisotopic (exact) mass is 162 g/mol. The van der Waals surface area contributed by atoms with Gasteiger partial charge in [-0.05, 0) is 13.8 Å². The molecule has 1 aliphatic rings. The van der Waals surface area contributed by atoms with Gasteiger partial charge in [0.25, 0.3) is 0 Å². The lowest BCUT2D eigenvalue weighted by Crippen LogP contribution is -2.24. The highest BCUT2D eigenvalue weighted by atomic mass is 35.5. The van der Waals surface area contributed by atoms with E-state index in [1.165, 1.54) is 0 Å². The second kappa shape index (κ2) is 2.42. The minimum atomic E-state index is -0.313. The summed E-state index contributed by atoms with van der Waals surface area (Å²) in [5.41, 5.74) is 0. The molecule has 0 N–H and O–H groups in total. The van der Waals surface area contributed by atoms with Gasteiger partial charge in [0, 0.05) is 10.8 Å². The largest absolute Gasteiger partial charge is 0.465 e. The Hall–Kier alpha value is -0.240. The first kappa shape index (κ1) is 7.86. The van der Waals surface area contributed by atoms with E-state index in [9.17, 15) is 4.79 Å². The summed E-state index contributed by atoms with van der Waals surface area (Å²) < 4.78 is 4.77. The number of carbonyl (C=O) groups is 1. The maximum Gasteiger partial charge on any atom is 0.306 e. The fraction of sp³-hybridized carbons (Fsp3) is 0.857. The van der Waals surface area contributed by atoms with Gasteiger partial charge in [-0.2, -0.15) is 0 Å². The molecule has 1 atom stereocenters. The van der Waals surface area contributed by atoms with Crippen LogP contribution in [0, 0.1) is 5.92 Å². The van der Waals surface area contributed by atoms with Crippen LogP contribution < -0.4 is 0 Å². The molecule has 1 aliphatic heterocycles. The summed E-state index contributed by atoms with van der Waals surface area (Å²) in [7, 11) is 0. The Morgan fingerprint density at radius 1 is 1.70 bits per heavy atom. The number of halogens is 1. The third kappa shape index (κ3) is 1.63. The molecule has 0 aromatic carbocycles. The van der Waals surface area contributed by atoms with E-state index in [4.69, 9.17) is 16.3 Å². The van der Waals surface area contributed by atoms with E-state index >= 15 is 0 Å². The van der Waals surface area contributed by atoms with E-state index in [1.54, 1.807) is 0 Å². The van der Waals surface area contributed by atoms with Crippen LogP contribution in [0.1, 0.15) is 20.3 Å². The van der Waals surface area contributed by atoms with Crippen molar-refractivity contribution in [2.75, 3.05) is 6.61 Å². The van der Waals surface area contributed by atoms with Crippen molar-refractivity contribution >= 4 is 17.6 Å². The molecule has 1 fully saturated rings. The molecule has 2 nitrogen and oxygen atoms in total. The number of hydrogen-bond acceptors (Lipinski definition) is 2. The molecule has 0 aromatic rings. The lowest BCUT2D eigenvalue weighted by atomic mass is 9.94. The number of carbonyl (C=O) groups excluding carboxylic acids is 1. The molecule has 1 saturated heterocycles. The first-order valence-electron chi connectivity index (χ1n) is 3.34. The number of rotatable bonds is 1. The molecule has 0 saturated carbocycles. The van der Waals surface area contributed by atoms with Gasteiger partial charge in [-0.1, -0.05) is 0 Å². The SMILES string of the molecule is CC(C)(Cl)C1COC(=O)C1. The first-order valence-corrected chi connectivity index (χ1v) is 3.72. The van der Waals surface area contributed by atoms with Gasteiger partial charge in [0.15, 0.2) is 0 Å². The van der Waals surface area contributed by atoms with Crippen LogP contribution in [0.2, 0.25) is 0 Å². The fourth-order valence-electron chi connectivity index (χ4n) is 0.953. The highest BCUT2D eigenvalue weighted by Gasteiger charge is 2.35. The van der Waals surface area contributed by atoms with Crippen molar-refractivity contribution in [2.45, 2.75) is 25.1 Å². The van der Waals surface area contributed by atoms with E-state index < -0.39 is 0 Å². The summed E-state index contributed by atoms with van der Waals surface area (Å²) in [5.74, 6) is 0.0559. The van der Waals surface area contributed by atoms with Gasteiger partial charge in [0.1, 0.15) is 0 Å². The number of cyclic esters (lactones) is 1. The molecule has 1 heterocycles. The third-order valence-electron chi connectivity index (χ3n) is 1.83. The number of hydrogen-bond donors (Lipinski definition) is 0. The summed E-state index contributed by atoms with van der Waals surface area (Å²) in [6, 6.07) is 0. The molecule has 0 amide bonds. The molecule has 1 rings (SSSR count). The smallest absolute Gasteiger partial charge is 0.306 e. The minimum Gasteiger partial charge on any atom is -0.465 e. The zero-order valence-electron chi connectivity index (χ0n) is 6.19. The molecule has 0 aromatic heterocycles. The van der Waals surface area contributed by atoms with Crippen LogP contribution in [-0.2, 0) is 9.53 Å². The molecule has 3 heteroatoms. The van der Waals surface area contributed by atoms with Gasteiger partial charge in [0.05, 0.1) is 13.0 Å². The molecule has 0 aliphatic carbocycles. The van der Waals surface area contributed by atoms with Crippen LogP contribution >= 0.6 is 11.6 Å². The second-order valence-electron chi connectivity index (χ2n) is 3.15. The molecule has 1 unspecified atom stereocenters. The summed E-state index contributed by atoms with van der Waals surface area (Å²) in [6.07, 6.45) is 0.469. The molecule has 0 spiro atoms. The Labute approximate surface area is 65.5 Å². The number of alkyl halides is 1. The van der Waals surface area contributed by atoms with Crippen molar-refractivity contribution in [3.8, 4) is 0 Å². The van der Waals surface area contributed by atoms with Crippen LogP contribution in [0.5, 0.6) is 0 Å². The van der Waals surface area contributed by atoms with Crippen molar-refractivity contribution in [1.82, 2.24) is 0 Å². The van der Waals surface area contributed by atoms with Gasteiger partial charge in [-0.25, -0.2) is 0 Å². The van der Waals surface area contributed by atoms with Crippen LogP contribution in [0.4, 0.5) is 0 Å². The van der Waals surface area contributed by atoms with E-state index in [2.05, 4.69) is 0 Å². The Bertz CT molecular complexity index is 148. The molecular weight excluding hydrogens is 152 g/mol. The maximum atomic E-state index is 10.6. The predicted octanol–water partition coefficient (Wildman–Crippen LogP) is 1.57. The topological polar surface area (TPSA) is 26.3 Å². The fourth-order valence-corrected chi connectivity index (χ4v) is 1.09. The lowest BCUT2D eigenvalue weighted by Gasteiger charge is -2.20. The minimum absolute atomic E-state index is 0.126. The molecule has 0 radical (unpaired) electrons. The van der Waals surface area contributed by atoms with E-state index in [0.717, 1.165) is 0 Å². The number of ether oxygens (including phenoxy) is 1. The Kier molecular flexibility index (Phi) is 1.90. The van der Waals surface area contributed by atoms with Crippen molar-refractivity contribution in [3.05, 3.63) is 0 Å². The highest BCUT2D eigenvalue weighted by Crippen LogP contribution is 2.31. The summed E-state index contributed by atoms with van der Waals surface area (Å²) in [4.78, 5) is 10.3. The normalized spacial score (nSPS) is 26.7.